The highest BCUT2D eigenvalue weighted by atomic mass is 79.9. The Bertz CT molecular complexity index is 460. The summed E-state index contributed by atoms with van der Waals surface area (Å²) in [6.45, 7) is 0.650. The first kappa shape index (κ1) is 13.3. The van der Waals surface area contributed by atoms with Gasteiger partial charge in [0.2, 0.25) is 0 Å². The molecule has 0 saturated heterocycles. The van der Waals surface area contributed by atoms with E-state index in [0.717, 1.165) is 18.2 Å². The second kappa shape index (κ2) is 5.26. The van der Waals surface area contributed by atoms with Crippen molar-refractivity contribution in [1.29, 1.82) is 0 Å². The molecule has 1 fully saturated rings. The lowest BCUT2D eigenvalue weighted by molar-refractivity contribution is 0.0946. The lowest BCUT2D eigenvalue weighted by Gasteiger charge is -2.13. The summed E-state index contributed by atoms with van der Waals surface area (Å²) >= 11 is 3.45. The number of ether oxygens (including phenoxy) is 1. The molecule has 0 aromatic heterocycles. The van der Waals surface area contributed by atoms with Crippen molar-refractivity contribution >= 4 is 21.8 Å². The Morgan fingerprint density at radius 1 is 1.56 bits per heavy atom. The highest BCUT2D eigenvalue weighted by Crippen LogP contribution is 2.46. The molecule has 1 aromatic carbocycles. The van der Waals surface area contributed by atoms with E-state index >= 15 is 0 Å². The highest BCUT2D eigenvalue weighted by Gasteiger charge is 2.41. The average molecular weight is 316 g/mol. The van der Waals surface area contributed by atoms with Crippen molar-refractivity contribution in [3.63, 3.8) is 0 Å². The molecular formula is C13H15BrFNO2. The highest BCUT2D eigenvalue weighted by molar-refractivity contribution is 9.09. The maximum atomic E-state index is 13.2. The Morgan fingerprint density at radius 2 is 2.28 bits per heavy atom. The lowest BCUT2D eigenvalue weighted by Crippen LogP contribution is -2.30. The maximum absolute atomic E-state index is 13.2. The molecule has 3 nitrogen and oxygen atoms in total. The zero-order chi connectivity index (χ0) is 13.2. The SMILES string of the molecule is COc1cc(C(=O)NCC2(CBr)CC2)ccc1F. The summed E-state index contributed by atoms with van der Waals surface area (Å²) in [4.78, 5) is 11.9. The van der Waals surface area contributed by atoms with Crippen LogP contribution < -0.4 is 10.1 Å². The summed E-state index contributed by atoms with van der Waals surface area (Å²) in [6.07, 6.45) is 2.26. The van der Waals surface area contributed by atoms with Crippen molar-refractivity contribution in [3.8, 4) is 5.75 Å². The van der Waals surface area contributed by atoms with E-state index in [1.54, 1.807) is 0 Å². The predicted molar refractivity (Wildman–Crippen MR) is 70.7 cm³/mol. The van der Waals surface area contributed by atoms with Crippen LogP contribution in [-0.2, 0) is 0 Å². The monoisotopic (exact) mass is 315 g/mol. The Morgan fingerprint density at radius 3 is 2.83 bits per heavy atom. The standard InChI is InChI=1S/C13H15BrFNO2/c1-18-11-6-9(2-3-10(11)15)12(17)16-8-13(7-14)4-5-13/h2-3,6H,4-5,7-8H2,1H3,(H,16,17). The maximum Gasteiger partial charge on any atom is 0.251 e. The zero-order valence-corrected chi connectivity index (χ0v) is 11.7. The van der Waals surface area contributed by atoms with Crippen LogP contribution in [0.4, 0.5) is 4.39 Å². The van der Waals surface area contributed by atoms with Crippen molar-refractivity contribution in [1.82, 2.24) is 5.32 Å². The summed E-state index contributed by atoms with van der Waals surface area (Å²) < 4.78 is 18.1. The summed E-state index contributed by atoms with van der Waals surface area (Å²) in [5.41, 5.74) is 0.637. The van der Waals surface area contributed by atoms with E-state index in [0.29, 0.717) is 12.1 Å². The first-order valence-electron chi connectivity index (χ1n) is 5.78. The summed E-state index contributed by atoms with van der Waals surface area (Å²) in [6, 6.07) is 4.12. The van der Waals surface area contributed by atoms with Gasteiger partial charge in [-0.3, -0.25) is 4.79 Å². The first-order chi connectivity index (χ1) is 8.60. The molecule has 0 atom stereocenters. The second-order valence-corrected chi connectivity index (χ2v) is 5.23. The molecule has 0 radical (unpaired) electrons. The van der Waals surface area contributed by atoms with Gasteiger partial charge in [0.1, 0.15) is 0 Å². The van der Waals surface area contributed by atoms with E-state index in [-0.39, 0.29) is 17.1 Å². The molecule has 1 saturated carbocycles. The number of carbonyl (C=O) groups excluding carboxylic acids is 1. The van der Waals surface area contributed by atoms with Crippen molar-refractivity contribution in [2.24, 2.45) is 5.41 Å². The van der Waals surface area contributed by atoms with E-state index in [1.165, 1.54) is 25.3 Å². The van der Waals surface area contributed by atoms with Gasteiger partial charge in [-0.2, -0.15) is 0 Å². The topological polar surface area (TPSA) is 38.3 Å². The molecule has 2 rings (SSSR count). The summed E-state index contributed by atoms with van der Waals surface area (Å²) in [5, 5.41) is 3.77. The molecule has 1 aromatic rings. The number of halogens is 2. The van der Waals surface area contributed by atoms with Crippen LogP contribution in [0.15, 0.2) is 18.2 Å². The molecule has 0 heterocycles. The Kier molecular flexibility index (Phi) is 3.90. The minimum Gasteiger partial charge on any atom is -0.494 e. The summed E-state index contributed by atoms with van der Waals surface area (Å²) in [5.74, 6) is -0.571. The van der Waals surface area contributed by atoms with Crippen molar-refractivity contribution < 1.29 is 13.9 Å². The van der Waals surface area contributed by atoms with Crippen LogP contribution >= 0.6 is 15.9 Å². The fourth-order valence-corrected chi connectivity index (χ4v) is 2.46. The van der Waals surface area contributed by atoms with Crippen LogP contribution in [0.1, 0.15) is 23.2 Å². The Labute approximate surface area is 114 Å². The third-order valence-corrected chi connectivity index (χ3v) is 4.47. The van der Waals surface area contributed by atoms with Crippen LogP contribution in [0.25, 0.3) is 0 Å². The van der Waals surface area contributed by atoms with Gasteiger partial charge in [-0.05, 0) is 36.5 Å². The van der Waals surface area contributed by atoms with Gasteiger partial charge in [0.25, 0.3) is 5.91 Å². The number of amides is 1. The van der Waals surface area contributed by atoms with Gasteiger partial charge < -0.3 is 10.1 Å². The molecule has 98 valence electrons. The van der Waals surface area contributed by atoms with Crippen molar-refractivity contribution in [3.05, 3.63) is 29.6 Å². The molecule has 1 aliphatic carbocycles. The molecule has 1 N–H and O–H groups in total. The van der Waals surface area contributed by atoms with E-state index in [9.17, 15) is 9.18 Å². The minimum absolute atomic E-state index is 0.0873. The van der Waals surface area contributed by atoms with E-state index in [2.05, 4.69) is 21.2 Å². The van der Waals surface area contributed by atoms with Crippen LogP contribution in [0.2, 0.25) is 0 Å². The molecule has 0 spiro atoms. The quantitative estimate of drug-likeness (QED) is 0.848. The van der Waals surface area contributed by atoms with E-state index < -0.39 is 5.82 Å². The predicted octanol–water partition coefficient (Wildman–Crippen LogP) is 2.74. The zero-order valence-electron chi connectivity index (χ0n) is 10.1. The smallest absolute Gasteiger partial charge is 0.251 e. The fraction of sp³-hybridized carbons (Fsp3) is 0.462. The van der Waals surface area contributed by atoms with E-state index in [1.807, 2.05) is 0 Å². The van der Waals surface area contributed by atoms with Gasteiger partial charge in [0.05, 0.1) is 7.11 Å². The third-order valence-electron chi connectivity index (χ3n) is 3.28. The van der Waals surface area contributed by atoms with Gasteiger partial charge in [0.15, 0.2) is 11.6 Å². The van der Waals surface area contributed by atoms with Crippen LogP contribution in [0.5, 0.6) is 5.75 Å². The van der Waals surface area contributed by atoms with Gasteiger partial charge in [-0.15, -0.1) is 0 Å². The number of carbonyl (C=O) groups is 1. The summed E-state index contributed by atoms with van der Waals surface area (Å²) in [7, 11) is 1.38. The number of rotatable bonds is 5. The molecule has 0 bridgehead atoms. The van der Waals surface area contributed by atoms with Crippen LogP contribution in [-0.4, -0.2) is 24.9 Å². The van der Waals surface area contributed by atoms with E-state index in [4.69, 9.17) is 4.74 Å². The van der Waals surface area contributed by atoms with Crippen molar-refractivity contribution in [2.75, 3.05) is 19.0 Å². The molecule has 1 aliphatic rings. The number of benzene rings is 1. The minimum atomic E-state index is -0.465. The molecule has 0 aliphatic heterocycles. The van der Waals surface area contributed by atoms with Crippen LogP contribution in [0.3, 0.4) is 0 Å². The van der Waals surface area contributed by atoms with Crippen molar-refractivity contribution in [2.45, 2.75) is 12.8 Å². The Hall–Kier alpha value is -1.10. The van der Waals surface area contributed by atoms with Gasteiger partial charge in [-0.25, -0.2) is 4.39 Å². The van der Waals surface area contributed by atoms with Crippen LogP contribution in [0, 0.1) is 11.2 Å². The number of methoxy groups -OCH3 is 1. The number of nitrogens with one attached hydrogen (secondary N) is 1. The molecule has 1 amide bonds. The first-order valence-corrected chi connectivity index (χ1v) is 6.90. The molecule has 18 heavy (non-hydrogen) atoms. The molecular weight excluding hydrogens is 301 g/mol. The Balaban J connectivity index is 2.00. The number of hydrogen-bond donors (Lipinski definition) is 1. The lowest BCUT2D eigenvalue weighted by atomic mass is 10.1. The number of hydrogen-bond acceptors (Lipinski definition) is 2. The second-order valence-electron chi connectivity index (χ2n) is 4.67. The largest absolute Gasteiger partial charge is 0.494 e. The number of alkyl halides is 1. The average Bonchev–Trinajstić information content (AvgIpc) is 3.17. The third kappa shape index (κ3) is 2.83. The normalized spacial score (nSPS) is 16.2. The van der Waals surface area contributed by atoms with Gasteiger partial charge in [-0.1, -0.05) is 15.9 Å². The fourth-order valence-electron chi connectivity index (χ4n) is 1.71. The molecule has 5 heteroatoms. The van der Waals surface area contributed by atoms with Gasteiger partial charge in [0, 0.05) is 17.4 Å². The molecule has 0 unspecified atom stereocenters. The van der Waals surface area contributed by atoms with Gasteiger partial charge >= 0.3 is 0 Å².